The molecule has 2 aromatic carbocycles. The van der Waals surface area contributed by atoms with Crippen molar-refractivity contribution in [2.45, 2.75) is 13.1 Å². The van der Waals surface area contributed by atoms with Gasteiger partial charge >= 0.3 is 0 Å². The Balaban J connectivity index is 1.58. The number of para-hydroxylation sites is 2. The fourth-order valence-electron chi connectivity index (χ4n) is 2.92. The Bertz CT molecular complexity index is 1060. The molecule has 0 unspecified atom stereocenters. The van der Waals surface area contributed by atoms with Crippen LogP contribution in [0.25, 0.3) is 23.2 Å². The number of amides is 1. The molecule has 134 valence electrons. The normalized spacial score (nSPS) is 11.3. The van der Waals surface area contributed by atoms with E-state index in [1.807, 2.05) is 77.4 Å². The Kier molecular flexibility index (Phi) is 4.83. The van der Waals surface area contributed by atoms with Crippen LogP contribution in [0.1, 0.15) is 17.1 Å². The summed E-state index contributed by atoms with van der Waals surface area (Å²) in [6, 6.07) is 21.5. The average Bonchev–Trinajstić information content (AvgIpc) is 3.34. The highest BCUT2D eigenvalue weighted by atomic mass is 16.3. The van der Waals surface area contributed by atoms with Crippen LogP contribution >= 0.6 is 0 Å². The highest BCUT2D eigenvalue weighted by Crippen LogP contribution is 2.18. The molecule has 4 aromatic rings. The van der Waals surface area contributed by atoms with Gasteiger partial charge in [0.25, 0.3) is 0 Å². The maximum atomic E-state index is 12.5. The van der Waals surface area contributed by atoms with E-state index in [9.17, 15) is 4.79 Å². The van der Waals surface area contributed by atoms with Crippen LogP contribution in [-0.2, 0) is 17.9 Å². The summed E-state index contributed by atoms with van der Waals surface area (Å²) in [5.41, 5.74) is 2.88. The third-order valence-corrected chi connectivity index (χ3v) is 4.25. The van der Waals surface area contributed by atoms with Gasteiger partial charge in [-0.25, -0.2) is 4.98 Å². The molecule has 0 aliphatic heterocycles. The van der Waals surface area contributed by atoms with Gasteiger partial charge in [-0.3, -0.25) is 4.79 Å². The number of imidazole rings is 1. The molecule has 2 heterocycles. The van der Waals surface area contributed by atoms with Gasteiger partial charge in [0.15, 0.2) is 0 Å². The molecule has 5 nitrogen and oxygen atoms in total. The number of fused-ring (bicyclic) bond motifs is 1. The molecule has 0 saturated heterocycles. The largest absolute Gasteiger partial charge is 0.467 e. The van der Waals surface area contributed by atoms with Crippen molar-refractivity contribution in [2.24, 2.45) is 0 Å². The first kappa shape index (κ1) is 16.8. The van der Waals surface area contributed by atoms with Crippen LogP contribution in [-0.4, -0.2) is 15.5 Å². The summed E-state index contributed by atoms with van der Waals surface area (Å²) < 4.78 is 7.18. The third kappa shape index (κ3) is 3.98. The number of benzene rings is 2. The van der Waals surface area contributed by atoms with Crippen LogP contribution in [0.3, 0.4) is 0 Å². The lowest BCUT2D eigenvalue weighted by Crippen LogP contribution is -2.27. The first-order chi connectivity index (χ1) is 13.3. The topological polar surface area (TPSA) is 60.1 Å². The molecule has 1 amide bonds. The van der Waals surface area contributed by atoms with E-state index in [1.165, 1.54) is 0 Å². The van der Waals surface area contributed by atoms with Gasteiger partial charge in [0.1, 0.15) is 18.1 Å². The van der Waals surface area contributed by atoms with E-state index in [4.69, 9.17) is 4.42 Å². The lowest BCUT2D eigenvalue weighted by molar-refractivity contribution is -0.121. The highest BCUT2D eigenvalue weighted by Gasteiger charge is 2.12. The number of nitrogens with one attached hydrogen (secondary N) is 1. The number of carbonyl (C=O) groups is 1. The predicted octanol–water partition coefficient (Wildman–Crippen LogP) is 4.12. The molecule has 0 saturated carbocycles. The quantitative estimate of drug-likeness (QED) is 0.565. The van der Waals surface area contributed by atoms with Crippen LogP contribution in [0.2, 0.25) is 0 Å². The zero-order chi connectivity index (χ0) is 18.5. The van der Waals surface area contributed by atoms with E-state index in [0.29, 0.717) is 6.54 Å². The van der Waals surface area contributed by atoms with Gasteiger partial charge in [-0.2, -0.15) is 0 Å². The Morgan fingerprint density at radius 1 is 1.00 bits per heavy atom. The van der Waals surface area contributed by atoms with Crippen LogP contribution in [0, 0.1) is 0 Å². The van der Waals surface area contributed by atoms with Gasteiger partial charge in [-0.15, -0.1) is 0 Å². The van der Waals surface area contributed by atoms with E-state index in [0.717, 1.165) is 28.2 Å². The van der Waals surface area contributed by atoms with Crippen LogP contribution in [0.5, 0.6) is 0 Å². The minimum atomic E-state index is -0.0936. The fourth-order valence-corrected chi connectivity index (χ4v) is 2.92. The van der Waals surface area contributed by atoms with Crippen LogP contribution < -0.4 is 5.32 Å². The molecular weight excluding hydrogens is 338 g/mol. The van der Waals surface area contributed by atoms with Gasteiger partial charge in [0, 0.05) is 0 Å². The molecule has 2 aromatic heterocycles. The van der Waals surface area contributed by atoms with Gasteiger partial charge in [-0.1, -0.05) is 48.5 Å². The molecular formula is C22H19N3O2. The monoisotopic (exact) mass is 357 g/mol. The number of furan rings is 1. The maximum Gasteiger partial charge on any atom is 0.240 e. The van der Waals surface area contributed by atoms with Crippen molar-refractivity contribution >= 4 is 29.1 Å². The van der Waals surface area contributed by atoms with Crippen molar-refractivity contribution in [3.8, 4) is 0 Å². The summed E-state index contributed by atoms with van der Waals surface area (Å²) in [6.45, 7) is 0.559. The maximum absolute atomic E-state index is 12.5. The lowest BCUT2D eigenvalue weighted by Gasteiger charge is -2.08. The Morgan fingerprint density at radius 3 is 2.63 bits per heavy atom. The van der Waals surface area contributed by atoms with Gasteiger partial charge in [0.2, 0.25) is 5.91 Å². The summed E-state index contributed by atoms with van der Waals surface area (Å²) in [5.74, 6) is 1.38. The molecule has 0 radical (unpaired) electrons. The zero-order valence-electron chi connectivity index (χ0n) is 14.7. The second-order valence-electron chi connectivity index (χ2n) is 6.14. The van der Waals surface area contributed by atoms with Crippen molar-refractivity contribution in [2.75, 3.05) is 0 Å². The number of nitrogens with zero attached hydrogens (tertiary/aromatic N) is 2. The molecule has 0 atom stereocenters. The van der Waals surface area contributed by atoms with Gasteiger partial charge in [0.05, 0.1) is 23.8 Å². The Labute approximate surface area is 157 Å². The molecule has 0 aliphatic rings. The van der Waals surface area contributed by atoms with Crippen molar-refractivity contribution in [1.29, 1.82) is 0 Å². The third-order valence-electron chi connectivity index (χ3n) is 4.25. The fraction of sp³-hybridized carbons (Fsp3) is 0.0909. The van der Waals surface area contributed by atoms with Crippen molar-refractivity contribution < 1.29 is 9.21 Å². The van der Waals surface area contributed by atoms with Crippen molar-refractivity contribution in [3.63, 3.8) is 0 Å². The van der Waals surface area contributed by atoms with E-state index in [-0.39, 0.29) is 12.5 Å². The molecule has 4 rings (SSSR count). The number of hydrogen-bond acceptors (Lipinski definition) is 3. The molecule has 0 aliphatic carbocycles. The summed E-state index contributed by atoms with van der Waals surface area (Å²) in [4.78, 5) is 17.1. The van der Waals surface area contributed by atoms with E-state index in [2.05, 4.69) is 10.3 Å². The molecule has 27 heavy (non-hydrogen) atoms. The first-order valence-corrected chi connectivity index (χ1v) is 8.77. The van der Waals surface area contributed by atoms with Crippen LogP contribution in [0.4, 0.5) is 0 Å². The highest BCUT2D eigenvalue weighted by molar-refractivity contribution is 5.83. The summed E-state index contributed by atoms with van der Waals surface area (Å²) >= 11 is 0. The molecule has 5 heteroatoms. The first-order valence-electron chi connectivity index (χ1n) is 8.77. The zero-order valence-corrected chi connectivity index (χ0v) is 14.7. The Hall–Kier alpha value is -3.60. The smallest absolute Gasteiger partial charge is 0.240 e. The minimum absolute atomic E-state index is 0.0936. The van der Waals surface area contributed by atoms with Crippen molar-refractivity contribution in [3.05, 3.63) is 90.1 Å². The molecule has 0 spiro atoms. The summed E-state index contributed by atoms with van der Waals surface area (Å²) in [5, 5.41) is 2.88. The number of rotatable bonds is 6. The second kappa shape index (κ2) is 7.74. The Morgan fingerprint density at radius 2 is 1.81 bits per heavy atom. The van der Waals surface area contributed by atoms with Gasteiger partial charge < -0.3 is 14.3 Å². The van der Waals surface area contributed by atoms with E-state index in [1.54, 1.807) is 12.3 Å². The second-order valence-corrected chi connectivity index (χ2v) is 6.14. The number of hydrogen-bond donors (Lipinski definition) is 1. The predicted molar refractivity (Wildman–Crippen MR) is 106 cm³/mol. The standard InChI is InChI=1S/C22H19N3O2/c26-22(23-15-18-9-6-14-27-18)16-25-20-11-5-4-10-19(20)24-21(25)13-12-17-7-2-1-3-8-17/h1-14H,15-16H2,(H,23,26)/b13-12+. The minimum Gasteiger partial charge on any atom is -0.467 e. The lowest BCUT2D eigenvalue weighted by atomic mass is 10.2. The number of aromatic nitrogens is 2. The SMILES string of the molecule is O=C(Cn1c(/C=C/c2ccccc2)nc2ccccc21)NCc1ccco1. The average molecular weight is 357 g/mol. The molecule has 0 fully saturated rings. The van der Waals surface area contributed by atoms with Crippen LogP contribution in [0.15, 0.2) is 77.4 Å². The van der Waals surface area contributed by atoms with Gasteiger partial charge in [-0.05, 0) is 35.9 Å². The number of carbonyl (C=O) groups excluding carboxylic acids is 1. The van der Waals surface area contributed by atoms with E-state index >= 15 is 0 Å². The van der Waals surface area contributed by atoms with E-state index < -0.39 is 0 Å². The molecule has 0 bridgehead atoms. The summed E-state index contributed by atoms with van der Waals surface area (Å²) in [6.07, 6.45) is 5.53. The van der Waals surface area contributed by atoms with Crippen molar-refractivity contribution in [1.82, 2.24) is 14.9 Å². The summed E-state index contributed by atoms with van der Waals surface area (Å²) in [7, 11) is 0. The molecule has 1 N–H and O–H groups in total.